The third-order valence-corrected chi connectivity index (χ3v) is 3.91. The Labute approximate surface area is 116 Å². The van der Waals surface area contributed by atoms with Gasteiger partial charge in [-0.15, -0.1) is 0 Å². The van der Waals surface area contributed by atoms with Crippen LogP contribution < -0.4 is 15.0 Å². The van der Waals surface area contributed by atoms with E-state index >= 15 is 0 Å². The van der Waals surface area contributed by atoms with Gasteiger partial charge in [0.05, 0.1) is 12.8 Å². The van der Waals surface area contributed by atoms with E-state index in [0.29, 0.717) is 0 Å². The van der Waals surface area contributed by atoms with Gasteiger partial charge >= 0.3 is 0 Å². The van der Waals surface area contributed by atoms with Crippen molar-refractivity contribution in [3.05, 3.63) is 23.8 Å². The average molecular weight is 262 g/mol. The second-order valence-electron chi connectivity index (χ2n) is 6.81. The molecule has 1 heterocycles. The highest BCUT2D eigenvalue weighted by Gasteiger charge is 2.38. The van der Waals surface area contributed by atoms with Crippen molar-refractivity contribution in [3.63, 3.8) is 0 Å². The van der Waals surface area contributed by atoms with Crippen LogP contribution in [0.5, 0.6) is 5.75 Å². The van der Waals surface area contributed by atoms with E-state index in [2.05, 4.69) is 63.0 Å². The first-order chi connectivity index (χ1) is 8.75. The molecule has 0 aromatic heterocycles. The van der Waals surface area contributed by atoms with Gasteiger partial charge < -0.3 is 15.0 Å². The van der Waals surface area contributed by atoms with Crippen LogP contribution in [-0.4, -0.2) is 31.3 Å². The summed E-state index contributed by atoms with van der Waals surface area (Å²) >= 11 is 0. The van der Waals surface area contributed by atoms with Gasteiger partial charge in [0.1, 0.15) is 5.75 Å². The van der Waals surface area contributed by atoms with Crippen LogP contribution in [0.4, 0.5) is 5.69 Å². The number of nitrogens with zero attached hydrogens (tertiary/aromatic N) is 1. The molecule has 0 bridgehead atoms. The number of methoxy groups -OCH3 is 1. The zero-order valence-electron chi connectivity index (χ0n) is 13.0. The zero-order valence-corrected chi connectivity index (χ0v) is 13.0. The maximum absolute atomic E-state index is 5.55. The zero-order chi connectivity index (χ0) is 14.3. The molecule has 3 heteroatoms. The highest BCUT2D eigenvalue weighted by molar-refractivity contribution is 5.62. The molecule has 0 spiro atoms. The van der Waals surface area contributed by atoms with Crippen molar-refractivity contribution in [2.24, 2.45) is 0 Å². The molecule has 0 amide bonds. The summed E-state index contributed by atoms with van der Waals surface area (Å²) in [6.45, 7) is 13.1. The maximum atomic E-state index is 5.55. The Morgan fingerprint density at radius 1 is 1.21 bits per heavy atom. The lowest BCUT2D eigenvalue weighted by Crippen LogP contribution is -2.66. The standard InChI is InChI=1S/C16H26N2O/c1-12-7-8-14(19-6)13(9-12)18-11-15(2,3)17-10-16(18,4)5/h7-9,17H,10-11H2,1-6H3. The van der Waals surface area contributed by atoms with E-state index in [1.54, 1.807) is 7.11 Å². The first-order valence-corrected chi connectivity index (χ1v) is 6.92. The third kappa shape index (κ3) is 2.86. The second kappa shape index (κ2) is 4.71. The Morgan fingerprint density at radius 2 is 1.89 bits per heavy atom. The van der Waals surface area contributed by atoms with Gasteiger partial charge in [-0.2, -0.15) is 0 Å². The molecular formula is C16H26N2O. The Bertz CT molecular complexity index is 466. The molecule has 2 rings (SSSR count). The van der Waals surface area contributed by atoms with Gasteiger partial charge in [-0.3, -0.25) is 0 Å². The number of piperazine rings is 1. The van der Waals surface area contributed by atoms with Crippen molar-refractivity contribution in [1.82, 2.24) is 5.32 Å². The van der Waals surface area contributed by atoms with E-state index in [9.17, 15) is 0 Å². The van der Waals surface area contributed by atoms with Crippen LogP contribution in [0.1, 0.15) is 33.3 Å². The second-order valence-corrected chi connectivity index (χ2v) is 6.81. The monoisotopic (exact) mass is 262 g/mol. The number of nitrogens with one attached hydrogen (secondary N) is 1. The SMILES string of the molecule is COc1ccc(C)cc1N1CC(C)(C)NCC1(C)C. The van der Waals surface area contributed by atoms with Gasteiger partial charge in [0.15, 0.2) is 0 Å². The van der Waals surface area contributed by atoms with Crippen LogP contribution in [-0.2, 0) is 0 Å². The lowest BCUT2D eigenvalue weighted by Gasteiger charge is -2.51. The first kappa shape index (κ1) is 14.2. The summed E-state index contributed by atoms with van der Waals surface area (Å²) in [6, 6.07) is 6.39. The van der Waals surface area contributed by atoms with E-state index in [-0.39, 0.29) is 11.1 Å². The molecule has 1 saturated heterocycles. The normalized spacial score (nSPS) is 21.3. The first-order valence-electron chi connectivity index (χ1n) is 6.92. The van der Waals surface area contributed by atoms with Gasteiger partial charge in [-0.1, -0.05) is 6.07 Å². The summed E-state index contributed by atoms with van der Waals surface area (Å²) in [5, 5.41) is 3.62. The fraction of sp³-hybridized carbons (Fsp3) is 0.625. The van der Waals surface area contributed by atoms with Crippen molar-refractivity contribution in [2.75, 3.05) is 25.1 Å². The predicted molar refractivity (Wildman–Crippen MR) is 81.2 cm³/mol. The Morgan fingerprint density at radius 3 is 2.53 bits per heavy atom. The number of hydrogen-bond acceptors (Lipinski definition) is 3. The highest BCUT2D eigenvalue weighted by Crippen LogP contribution is 2.36. The van der Waals surface area contributed by atoms with Gasteiger partial charge in [0.25, 0.3) is 0 Å². The summed E-state index contributed by atoms with van der Waals surface area (Å²) in [5.41, 5.74) is 2.66. The Kier molecular flexibility index (Phi) is 3.52. The van der Waals surface area contributed by atoms with Crippen LogP contribution in [0, 0.1) is 6.92 Å². The smallest absolute Gasteiger partial charge is 0.142 e. The molecule has 106 valence electrons. The number of aryl methyl sites for hydroxylation is 1. The fourth-order valence-electron chi connectivity index (χ4n) is 2.64. The number of hydrogen-bond donors (Lipinski definition) is 1. The van der Waals surface area contributed by atoms with E-state index in [1.165, 1.54) is 11.3 Å². The predicted octanol–water partition coefficient (Wildman–Crippen LogP) is 2.97. The quantitative estimate of drug-likeness (QED) is 0.887. The molecule has 1 N–H and O–H groups in total. The molecule has 1 fully saturated rings. The molecule has 19 heavy (non-hydrogen) atoms. The summed E-state index contributed by atoms with van der Waals surface area (Å²) in [4.78, 5) is 2.47. The molecule has 0 aliphatic carbocycles. The molecule has 0 atom stereocenters. The minimum absolute atomic E-state index is 0.0800. The van der Waals surface area contributed by atoms with Gasteiger partial charge in [0, 0.05) is 24.2 Å². The van der Waals surface area contributed by atoms with Gasteiger partial charge in [-0.25, -0.2) is 0 Å². The fourth-order valence-corrected chi connectivity index (χ4v) is 2.64. The van der Waals surface area contributed by atoms with E-state index in [4.69, 9.17) is 4.74 Å². The highest BCUT2D eigenvalue weighted by atomic mass is 16.5. The minimum Gasteiger partial charge on any atom is -0.495 e. The molecule has 1 aliphatic rings. The molecule has 1 aromatic rings. The minimum atomic E-state index is 0.0800. The molecule has 3 nitrogen and oxygen atoms in total. The van der Waals surface area contributed by atoms with Crippen LogP contribution in [0.2, 0.25) is 0 Å². The van der Waals surface area contributed by atoms with Crippen LogP contribution in [0.25, 0.3) is 0 Å². The number of benzene rings is 1. The van der Waals surface area contributed by atoms with Gasteiger partial charge in [-0.05, 0) is 52.3 Å². The van der Waals surface area contributed by atoms with E-state index in [0.717, 1.165) is 18.8 Å². The average Bonchev–Trinajstić information content (AvgIpc) is 2.33. The summed E-state index contributed by atoms with van der Waals surface area (Å²) in [5.74, 6) is 0.955. The van der Waals surface area contributed by atoms with Crippen molar-refractivity contribution < 1.29 is 4.74 Å². The van der Waals surface area contributed by atoms with E-state index < -0.39 is 0 Å². The van der Waals surface area contributed by atoms with Gasteiger partial charge in [0.2, 0.25) is 0 Å². The lowest BCUT2D eigenvalue weighted by atomic mass is 9.90. The summed E-state index contributed by atoms with van der Waals surface area (Å²) < 4.78 is 5.55. The number of rotatable bonds is 2. The van der Waals surface area contributed by atoms with E-state index in [1.807, 2.05) is 0 Å². The van der Waals surface area contributed by atoms with Crippen molar-refractivity contribution in [3.8, 4) is 5.75 Å². The largest absolute Gasteiger partial charge is 0.495 e. The van der Waals surface area contributed by atoms with Crippen molar-refractivity contribution >= 4 is 5.69 Å². The molecule has 1 aliphatic heterocycles. The maximum Gasteiger partial charge on any atom is 0.142 e. The third-order valence-electron chi connectivity index (χ3n) is 3.91. The Balaban J connectivity index is 2.45. The number of ether oxygens (including phenoxy) is 1. The van der Waals surface area contributed by atoms with Crippen LogP contribution in [0.3, 0.4) is 0 Å². The number of anilines is 1. The Hall–Kier alpha value is -1.22. The summed E-state index contributed by atoms with van der Waals surface area (Å²) in [6.07, 6.45) is 0. The molecule has 0 unspecified atom stereocenters. The molecule has 0 saturated carbocycles. The lowest BCUT2D eigenvalue weighted by molar-refractivity contribution is 0.258. The summed E-state index contributed by atoms with van der Waals surface area (Å²) in [7, 11) is 1.74. The van der Waals surface area contributed by atoms with Crippen LogP contribution in [0.15, 0.2) is 18.2 Å². The van der Waals surface area contributed by atoms with Crippen molar-refractivity contribution in [2.45, 2.75) is 45.7 Å². The van der Waals surface area contributed by atoms with Crippen LogP contribution >= 0.6 is 0 Å². The molecule has 1 aromatic carbocycles. The molecular weight excluding hydrogens is 236 g/mol. The topological polar surface area (TPSA) is 24.5 Å². The van der Waals surface area contributed by atoms with Crippen molar-refractivity contribution in [1.29, 1.82) is 0 Å². The molecule has 0 radical (unpaired) electrons.